The Kier molecular flexibility index (Phi) is 5.62. The first-order chi connectivity index (χ1) is 11.0. The third-order valence-electron chi connectivity index (χ3n) is 3.38. The average molecular weight is 319 g/mol. The summed E-state index contributed by atoms with van der Waals surface area (Å²) in [6.45, 7) is 2.71. The van der Waals surface area contributed by atoms with Crippen LogP contribution in [0.2, 0.25) is 0 Å². The number of hydrogen-bond acceptors (Lipinski definition) is 3. The van der Waals surface area contributed by atoms with E-state index >= 15 is 0 Å². The van der Waals surface area contributed by atoms with Crippen LogP contribution < -0.4 is 5.32 Å². The number of anilines is 2. The van der Waals surface area contributed by atoms with Gasteiger partial charge in [-0.1, -0.05) is 13.3 Å². The SMILES string of the molecule is CCCCN(C)C(=O)c1cc(Nc2ccc(F)cc2F)ccn1. The van der Waals surface area contributed by atoms with Gasteiger partial charge in [-0.25, -0.2) is 8.78 Å². The zero-order valence-corrected chi connectivity index (χ0v) is 13.1. The van der Waals surface area contributed by atoms with Gasteiger partial charge in [0.1, 0.15) is 17.3 Å². The number of pyridine rings is 1. The molecule has 0 radical (unpaired) electrons. The molecule has 0 atom stereocenters. The van der Waals surface area contributed by atoms with E-state index in [1.54, 1.807) is 24.1 Å². The first kappa shape index (κ1) is 16.9. The molecular formula is C17H19F2N3O. The lowest BCUT2D eigenvalue weighted by Gasteiger charge is -2.16. The molecule has 0 bridgehead atoms. The molecule has 0 spiro atoms. The van der Waals surface area contributed by atoms with Gasteiger partial charge in [0.2, 0.25) is 0 Å². The number of nitrogens with zero attached hydrogens (tertiary/aromatic N) is 2. The van der Waals surface area contributed by atoms with Crippen molar-refractivity contribution >= 4 is 17.3 Å². The van der Waals surface area contributed by atoms with Crippen LogP contribution in [0.1, 0.15) is 30.3 Å². The van der Waals surface area contributed by atoms with E-state index in [0.29, 0.717) is 12.2 Å². The normalized spacial score (nSPS) is 10.4. The molecule has 0 fully saturated rings. The lowest BCUT2D eigenvalue weighted by Crippen LogP contribution is -2.28. The highest BCUT2D eigenvalue weighted by Crippen LogP contribution is 2.21. The molecule has 1 aromatic heterocycles. The van der Waals surface area contributed by atoms with Crippen molar-refractivity contribution in [2.24, 2.45) is 0 Å². The minimum absolute atomic E-state index is 0.135. The molecule has 0 aliphatic carbocycles. The van der Waals surface area contributed by atoms with Gasteiger partial charge in [0.15, 0.2) is 0 Å². The summed E-state index contributed by atoms with van der Waals surface area (Å²) >= 11 is 0. The van der Waals surface area contributed by atoms with Crippen molar-refractivity contribution in [3.63, 3.8) is 0 Å². The van der Waals surface area contributed by atoms with E-state index in [9.17, 15) is 13.6 Å². The lowest BCUT2D eigenvalue weighted by atomic mass is 10.2. The Hall–Kier alpha value is -2.50. The predicted molar refractivity (Wildman–Crippen MR) is 85.7 cm³/mol. The molecule has 1 amide bonds. The van der Waals surface area contributed by atoms with E-state index in [0.717, 1.165) is 25.0 Å². The number of benzene rings is 1. The summed E-state index contributed by atoms with van der Waals surface area (Å²) in [6, 6.07) is 6.43. The Morgan fingerprint density at radius 1 is 1.26 bits per heavy atom. The Morgan fingerprint density at radius 2 is 2.04 bits per heavy atom. The van der Waals surface area contributed by atoms with Crippen LogP contribution in [0.5, 0.6) is 0 Å². The fraction of sp³-hybridized carbons (Fsp3) is 0.294. The number of carbonyl (C=O) groups is 1. The second kappa shape index (κ2) is 7.67. The third kappa shape index (κ3) is 4.48. The maximum atomic E-state index is 13.7. The minimum Gasteiger partial charge on any atom is -0.353 e. The zero-order chi connectivity index (χ0) is 16.8. The first-order valence-electron chi connectivity index (χ1n) is 7.45. The van der Waals surface area contributed by atoms with Gasteiger partial charge < -0.3 is 10.2 Å². The number of unbranched alkanes of at least 4 members (excludes halogenated alkanes) is 1. The van der Waals surface area contributed by atoms with Crippen molar-refractivity contribution in [2.75, 3.05) is 18.9 Å². The van der Waals surface area contributed by atoms with E-state index in [-0.39, 0.29) is 17.3 Å². The number of nitrogens with one attached hydrogen (secondary N) is 1. The summed E-state index contributed by atoms with van der Waals surface area (Å²) in [5.74, 6) is -1.53. The standard InChI is InChI=1S/C17H19F2N3O/c1-3-4-9-22(2)17(23)16-11-13(7-8-20-16)21-15-6-5-12(18)10-14(15)19/h5-8,10-11H,3-4,9H2,1-2H3,(H,20,21). The fourth-order valence-corrected chi connectivity index (χ4v) is 2.06. The van der Waals surface area contributed by atoms with Crippen molar-refractivity contribution in [1.29, 1.82) is 0 Å². The van der Waals surface area contributed by atoms with Crippen LogP contribution in [-0.4, -0.2) is 29.4 Å². The van der Waals surface area contributed by atoms with Gasteiger partial charge in [-0.15, -0.1) is 0 Å². The van der Waals surface area contributed by atoms with Crippen molar-refractivity contribution in [1.82, 2.24) is 9.88 Å². The summed E-state index contributed by atoms with van der Waals surface area (Å²) in [5.41, 5.74) is 0.921. The summed E-state index contributed by atoms with van der Waals surface area (Å²) < 4.78 is 26.6. The van der Waals surface area contributed by atoms with Gasteiger partial charge in [-0.2, -0.15) is 0 Å². The molecule has 4 nitrogen and oxygen atoms in total. The second-order valence-corrected chi connectivity index (χ2v) is 5.26. The molecule has 1 heterocycles. The van der Waals surface area contributed by atoms with Crippen molar-refractivity contribution in [3.05, 3.63) is 53.9 Å². The summed E-state index contributed by atoms with van der Waals surface area (Å²) in [7, 11) is 1.72. The molecule has 0 aliphatic rings. The van der Waals surface area contributed by atoms with Gasteiger partial charge in [0.05, 0.1) is 5.69 Å². The molecule has 122 valence electrons. The molecule has 0 saturated carbocycles. The van der Waals surface area contributed by atoms with Crippen LogP contribution in [0, 0.1) is 11.6 Å². The number of aromatic nitrogens is 1. The van der Waals surface area contributed by atoms with Crippen LogP contribution in [0.25, 0.3) is 0 Å². The molecule has 0 aliphatic heterocycles. The van der Waals surface area contributed by atoms with Crippen LogP contribution in [-0.2, 0) is 0 Å². The highest BCUT2D eigenvalue weighted by Gasteiger charge is 2.13. The highest BCUT2D eigenvalue weighted by atomic mass is 19.1. The van der Waals surface area contributed by atoms with Crippen LogP contribution in [0.3, 0.4) is 0 Å². The average Bonchev–Trinajstić information content (AvgIpc) is 2.55. The van der Waals surface area contributed by atoms with Gasteiger partial charge in [0, 0.05) is 31.5 Å². The van der Waals surface area contributed by atoms with Crippen molar-refractivity contribution < 1.29 is 13.6 Å². The summed E-state index contributed by atoms with van der Waals surface area (Å²) in [6.07, 6.45) is 3.39. The molecule has 6 heteroatoms. The van der Waals surface area contributed by atoms with Crippen LogP contribution in [0.15, 0.2) is 36.5 Å². The predicted octanol–water partition coefficient (Wildman–Crippen LogP) is 3.98. The lowest BCUT2D eigenvalue weighted by molar-refractivity contribution is 0.0787. The van der Waals surface area contributed by atoms with Gasteiger partial charge >= 0.3 is 0 Å². The Morgan fingerprint density at radius 3 is 2.74 bits per heavy atom. The summed E-state index contributed by atoms with van der Waals surface area (Å²) in [5, 5.41) is 2.82. The number of rotatable bonds is 6. The Bertz CT molecular complexity index is 691. The molecule has 0 saturated heterocycles. The van der Waals surface area contributed by atoms with E-state index in [1.807, 2.05) is 0 Å². The molecule has 1 aromatic carbocycles. The first-order valence-corrected chi connectivity index (χ1v) is 7.45. The van der Waals surface area contributed by atoms with Gasteiger partial charge in [-0.05, 0) is 30.7 Å². The monoisotopic (exact) mass is 319 g/mol. The van der Waals surface area contributed by atoms with Gasteiger partial charge in [0.25, 0.3) is 5.91 Å². The molecule has 2 rings (SSSR count). The molecule has 1 N–H and O–H groups in total. The van der Waals surface area contributed by atoms with Crippen molar-refractivity contribution in [2.45, 2.75) is 19.8 Å². The highest BCUT2D eigenvalue weighted by molar-refractivity contribution is 5.93. The topological polar surface area (TPSA) is 45.2 Å². The Labute approximate surface area is 134 Å². The summed E-state index contributed by atoms with van der Waals surface area (Å²) in [4.78, 5) is 17.9. The second-order valence-electron chi connectivity index (χ2n) is 5.26. The van der Waals surface area contributed by atoms with Crippen LogP contribution >= 0.6 is 0 Å². The molecule has 23 heavy (non-hydrogen) atoms. The smallest absolute Gasteiger partial charge is 0.272 e. The Balaban J connectivity index is 2.14. The number of amides is 1. The number of carbonyl (C=O) groups excluding carboxylic acids is 1. The van der Waals surface area contributed by atoms with E-state index in [2.05, 4.69) is 17.2 Å². The zero-order valence-electron chi connectivity index (χ0n) is 13.1. The fourth-order valence-electron chi connectivity index (χ4n) is 2.06. The van der Waals surface area contributed by atoms with E-state index < -0.39 is 11.6 Å². The maximum absolute atomic E-state index is 13.7. The molecule has 0 unspecified atom stereocenters. The maximum Gasteiger partial charge on any atom is 0.272 e. The largest absolute Gasteiger partial charge is 0.353 e. The van der Waals surface area contributed by atoms with Crippen molar-refractivity contribution in [3.8, 4) is 0 Å². The quantitative estimate of drug-likeness (QED) is 0.876. The molecular weight excluding hydrogens is 300 g/mol. The number of hydrogen-bond donors (Lipinski definition) is 1. The number of halogens is 2. The third-order valence-corrected chi connectivity index (χ3v) is 3.38. The minimum atomic E-state index is -0.699. The van der Waals surface area contributed by atoms with Crippen LogP contribution in [0.4, 0.5) is 20.2 Å². The van der Waals surface area contributed by atoms with Gasteiger partial charge in [-0.3, -0.25) is 9.78 Å². The molecule has 2 aromatic rings. The van der Waals surface area contributed by atoms with E-state index in [4.69, 9.17) is 0 Å². The van der Waals surface area contributed by atoms with E-state index in [1.165, 1.54) is 12.3 Å².